The van der Waals surface area contributed by atoms with E-state index < -0.39 is 0 Å². The first-order chi connectivity index (χ1) is 7.29. The Hall–Kier alpha value is -1.00. The van der Waals surface area contributed by atoms with Crippen LogP contribution in [0.15, 0.2) is 22.8 Å². The lowest BCUT2D eigenvalue weighted by molar-refractivity contribution is 0.0677. The molecule has 0 N–H and O–H groups in total. The molecule has 5 heteroatoms. The second-order valence-corrected chi connectivity index (χ2v) is 3.33. The van der Waals surface area contributed by atoms with Crippen LogP contribution < -0.4 is 0 Å². The highest BCUT2D eigenvalue weighted by Crippen LogP contribution is 2.05. The fourth-order valence-corrected chi connectivity index (χ4v) is 1.38. The lowest BCUT2D eigenvalue weighted by Gasteiger charge is -2.19. The number of amides is 1. The standard InChI is InChI=1S/C10H14ClNO3/c1-14-8-6-12(5-4-11)10(13)9-3-2-7-15-9/h2-3,7H,4-6,8H2,1H3. The highest BCUT2D eigenvalue weighted by atomic mass is 35.5. The summed E-state index contributed by atoms with van der Waals surface area (Å²) in [5, 5.41) is 0. The van der Waals surface area contributed by atoms with Crippen LogP contribution in [0.5, 0.6) is 0 Å². The van der Waals surface area contributed by atoms with Gasteiger partial charge in [0, 0.05) is 26.1 Å². The van der Waals surface area contributed by atoms with Crippen LogP contribution in [-0.4, -0.2) is 43.5 Å². The lowest BCUT2D eigenvalue weighted by Crippen LogP contribution is -2.35. The minimum absolute atomic E-state index is 0.155. The predicted octanol–water partition coefficient (Wildman–Crippen LogP) is 1.61. The van der Waals surface area contributed by atoms with E-state index in [9.17, 15) is 4.79 Å². The number of nitrogens with zero attached hydrogens (tertiary/aromatic N) is 1. The van der Waals surface area contributed by atoms with Gasteiger partial charge in [0.05, 0.1) is 12.9 Å². The summed E-state index contributed by atoms with van der Waals surface area (Å²) < 4.78 is 9.95. The zero-order valence-corrected chi connectivity index (χ0v) is 9.37. The first-order valence-electron chi connectivity index (χ1n) is 4.67. The maximum atomic E-state index is 11.8. The molecule has 0 bridgehead atoms. The van der Waals surface area contributed by atoms with Crippen LogP contribution in [0.1, 0.15) is 10.6 Å². The molecular formula is C10H14ClNO3. The molecule has 0 aliphatic rings. The first kappa shape index (κ1) is 12.1. The average molecular weight is 232 g/mol. The maximum Gasteiger partial charge on any atom is 0.289 e. The monoisotopic (exact) mass is 231 g/mol. The van der Waals surface area contributed by atoms with Crippen molar-refractivity contribution in [3.8, 4) is 0 Å². The van der Waals surface area contributed by atoms with Crippen molar-refractivity contribution in [3.05, 3.63) is 24.2 Å². The third-order valence-electron chi connectivity index (χ3n) is 1.94. The molecule has 15 heavy (non-hydrogen) atoms. The van der Waals surface area contributed by atoms with Crippen molar-refractivity contribution in [1.29, 1.82) is 0 Å². The van der Waals surface area contributed by atoms with Gasteiger partial charge in [0.2, 0.25) is 0 Å². The van der Waals surface area contributed by atoms with E-state index in [1.165, 1.54) is 6.26 Å². The maximum absolute atomic E-state index is 11.8. The van der Waals surface area contributed by atoms with Crippen LogP contribution in [0.25, 0.3) is 0 Å². The SMILES string of the molecule is COCCN(CCCl)C(=O)c1ccco1. The fraction of sp³-hybridized carbons (Fsp3) is 0.500. The van der Waals surface area contributed by atoms with Gasteiger partial charge in [0.15, 0.2) is 5.76 Å². The number of furan rings is 1. The van der Waals surface area contributed by atoms with Crippen LogP contribution in [0.3, 0.4) is 0 Å². The van der Waals surface area contributed by atoms with Gasteiger partial charge in [-0.15, -0.1) is 11.6 Å². The molecule has 0 spiro atoms. The highest BCUT2D eigenvalue weighted by molar-refractivity contribution is 6.18. The van der Waals surface area contributed by atoms with Crippen LogP contribution in [0.2, 0.25) is 0 Å². The van der Waals surface area contributed by atoms with E-state index >= 15 is 0 Å². The van der Waals surface area contributed by atoms with Gasteiger partial charge in [-0.25, -0.2) is 0 Å². The van der Waals surface area contributed by atoms with Gasteiger partial charge in [-0.3, -0.25) is 4.79 Å². The van der Waals surface area contributed by atoms with Crippen molar-refractivity contribution in [2.24, 2.45) is 0 Å². The van der Waals surface area contributed by atoms with Crippen molar-refractivity contribution >= 4 is 17.5 Å². The van der Waals surface area contributed by atoms with Gasteiger partial charge in [0.1, 0.15) is 0 Å². The van der Waals surface area contributed by atoms with Crippen molar-refractivity contribution < 1.29 is 13.9 Å². The molecule has 0 aliphatic carbocycles. The molecule has 1 aromatic rings. The topological polar surface area (TPSA) is 42.7 Å². The molecule has 0 atom stereocenters. The molecule has 0 saturated carbocycles. The number of ether oxygens (including phenoxy) is 1. The number of methoxy groups -OCH3 is 1. The Morgan fingerprint density at radius 1 is 1.60 bits per heavy atom. The summed E-state index contributed by atoms with van der Waals surface area (Å²) in [6, 6.07) is 3.32. The second-order valence-electron chi connectivity index (χ2n) is 2.95. The molecule has 84 valence electrons. The molecular weight excluding hydrogens is 218 g/mol. The average Bonchev–Trinajstić information content (AvgIpc) is 2.76. The minimum atomic E-state index is -0.155. The summed E-state index contributed by atoms with van der Waals surface area (Å²) in [4.78, 5) is 13.4. The zero-order valence-electron chi connectivity index (χ0n) is 8.61. The predicted molar refractivity (Wildman–Crippen MR) is 57.2 cm³/mol. The normalized spacial score (nSPS) is 10.3. The number of rotatable bonds is 6. The number of halogens is 1. The third kappa shape index (κ3) is 3.57. The summed E-state index contributed by atoms with van der Waals surface area (Å²) in [7, 11) is 1.59. The Balaban J connectivity index is 2.58. The van der Waals surface area contributed by atoms with E-state index in [4.69, 9.17) is 20.8 Å². The third-order valence-corrected chi connectivity index (χ3v) is 2.11. The lowest BCUT2D eigenvalue weighted by atomic mass is 10.3. The first-order valence-corrected chi connectivity index (χ1v) is 5.20. The highest BCUT2D eigenvalue weighted by Gasteiger charge is 2.16. The Morgan fingerprint density at radius 2 is 2.40 bits per heavy atom. The summed E-state index contributed by atoms with van der Waals surface area (Å²) >= 11 is 5.62. The van der Waals surface area contributed by atoms with Gasteiger partial charge in [-0.2, -0.15) is 0 Å². The van der Waals surface area contributed by atoms with Crippen LogP contribution in [-0.2, 0) is 4.74 Å². The van der Waals surface area contributed by atoms with E-state index in [1.807, 2.05) is 0 Å². The molecule has 1 aromatic heterocycles. The number of alkyl halides is 1. The molecule has 1 amide bonds. The quantitative estimate of drug-likeness (QED) is 0.699. The van der Waals surface area contributed by atoms with E-state index in [0.717, 1.165) is 0 Å². The molecule has 4 nitrogen and oxygen atoms in total. The van der Waals surface area contributed by atoms with E-state index in [0.29, 0.717) is 31.3 Å². The molecule has 0 unspecified atom stereocenters. The fourth-order valence-electron chi connectivity index (χ4n) is 1.17. The van der Waals surface area contributed by atoms with E-state index in [1.54, 1.807) is 24.1 Å². The molecule has 0 fully saturated rings. The van der Waals surface area contributed by atoms with Crippen LogP contribution in [0.4, 0.5) is 0 Å². The molecule has 0 radical (unpaired) electrons. The molecule has 0 aromatic carbocycles. The smallest absolute Gasteiger partial charge is 0.289 e. The van der Waals surface area contributed by atoms with Crippen molar-refractivity contribution in [3.63, 3.8) is 0 Å². The molecule has 0 saturated heterocycles. The Labute approximate surface area is 93.8 Å². The van der Waals surface area contributed by atoms with Crippen molar-refractivity contribution in [2.75, 3.05) is 32.7 Å². The molecule has 1 rings (SSSR count). The summed E-state index contributed by atoms with van der Waals surface area (Å²) in [5.41, 5.74) is 0. The van der Waals surface area contributed by atoms with E-state index in [-0.39, 0.29) is 5.91 Å². The summed E-state index contributed by atoms with van der Waals surface area (Å²) in [6.45, 7) is 1.50. The summed E-state index contributed by atoms with van der Waals surface area (Å²) in [6.07, 6.45) is 1.47. The zero-order chi connectivity index (χ0) is 11.1. The summed E-state index contributed by atoms with van der Waals surface area (Å²) in [5.74, 6) is 0.574. The van der Waals surface area contributed by atoms with Crippen LogP contribution >= 0.6 is 11.6 Å². The Bertz CT molecular complexity index is 287. The molecule has 0 aliphatic heterocycles. The van der Waals surface area contributed by atoms with Gasteiger partial charge in [-0.05, 0) is 12.1 Å². The Morgan fingerprint density at radius 3 is 2.93 bits per heavy atom. The van der Waals surface area contributed by atoms with Gasteiger partial charge >= 0.3 is 0 Å². The van der Waals surface area contributed by atoms with Crippen molar-refractivity contribution in [2.45, 2.75) is 0 Å². The largest absolute Gasteiger partial charge is 0.459 e. The molecule has 1 heterocycles. The van der Waals surface area contributed by atoms with Crippen LogP contribution in [0, 0.1) is 0 Å². The number of carbonyl (C=O) groups is 1. The number of hydrogen-bond donors (Lipinski definition) is 0. The van der Waals surface area contributed by atoms with Gasteiger partial charge in [-0.1, -0.05) is 0 Å². The van der Waals surface area contributed by atoms with Gasteiger partial charge in [0.25, 0.3) is 5.91 Å². The van der Waals surface area contributed by atoms with E-state index in [2.05, 4.69) is 0 Å². The van der Waals surface area contributed by atoms with Gasteiger partial charge < -0.3 is 14.1 Å². The minimum Gasteiger partial charge on any atom is -0.459 e. The second kappa shape index (κ2) is 6.48. The number of hydrogen-bond acceptors (Lipinski definition) is 3. The van der Waals surface area contributed by atoms with Crippen molar-refractivity contribution in [1.82, 2.24) is 4.90 Å². The number of carbonyl (C=O) groups excluding carboxylic acids is 1. The Kier molecular flexibility index (Phi) is 5.21.